The zero-order chi connectivity index (χ0) is 17.0. The highest BCUT2D eigenvalue weighted by molar-refractivity contribution is 5.87. The second kappa shape index (κ2) is 5.70. The Bertz CT molecular complexity index is 925. The van der Waals surface area contributed by atoms with E-state index in [0.29, 0.717) is 6.04 Å². The number of hydrogen-bond donors (Lipinski definition) is 0. The third-order valence-corrected chi connectivity index (χ3v) is 6.32. The van der Waals surface area contributed by atoms with Gasteiger partial charge in [-0.05, 0) is 62.6 Å². The molecule has 0 N–H and O–H groups in total. The van der Waals surface area contributed by atoms with E-state index < -0.39 is 0 Å². The Balaban J connectivity index is 1.62. The van der Waals surface area contributed by atoms with Crippen LogP contribution in [0.25, 0.3) is 10.9 Å². The van der Waals surface area contributed by atoms with Crippen molar-refractivity contribution in [3.8, 4) is 0 Å². The lowest BCUT2D eigenvalue weighted by molar-refractivity contribution is 0.222. The molecule has 0 radical (unpaired) electrons. The molecule has 4 heterocycles. The van der Waals surface area contributed by atoms with E-state index in [1.165, 1.54) is 41.3 Å². The van der Waals surface area contributed by atoms with Crippen LogP contribution in [-0.4, -0.2) is 27.5 Å². The molecule has 128 valence electrons. The molecule has 2 atom stereocenters. The summed E-state index contributed by atoms with van der Waals surface area (Å²) >= 11 is 0. The largest absolute Gasteiger partial charge is 0.344 e. The molecule has 1 saturated heterocycles. The molecule has 5 rings (SSSR count). The number of fused-ring (bicyclic) bond motifs is 6. The third-order valence-electron chi connectivity index (χ3n) is 6.32. The molecular weight excluding hydrogens is 306 g/mol. The van der Waals surface area contributed by atoms with Gasteiger partial charge in [0.25, 0.3) is 0 Å². The van der Waals surface area contributed by atoms with Crippen molar-refractivity contribution in [1.29, 1.82) is 0 Å². The van der Waals surface area contributed by atoms with E-state index in [1.807, 2.05) is 18.5 Å². The molecule has 3 heteroatoms. The van der Waals surface area contributed by atoms with E-state index >= 15 is 0 Å². The zero-order valence-corrected chi connectivity index (χ0v) is 15.1. The Morgan fingerprint density at radius 2 is 2.12 bits per heavy atom. The molecule has 1 aromatic carbocycles. The minimum Gasteiger partial charge on any atom is -0.344 e. The van der Waals surface area contributed by atoms with Crippen molar-refractivity contribution in [2.24, 2.45) is 0 Å². The van der Waals surface area contributed by atoms with Crippen LogP contribution in [0.4, 0.5) is 0 Å². The number of hydrogen-bond acceptors (Lipinski definition) is 2. The maximum absolute atomic E-state index is 4.27. The Kier molecular flexibility index (Phi) is 3.46. The predicted octanol–water partition coefficient (Wildman–Crippen LogP) is 4.28. The van der Waals surface area contributed by atoms with Gasteiger partial charge in [0.1, 0.15) is 0 Å². The van der Waals surface area contributed by atoms with Crippen LogP contribution < -0.4 is 0 Å². The van der Waals surface area contributed by atoms with Gasteiger partial charge in [-0.25, -0.2) is 0 Å². The van der Waals surface area contributed by atoms with Crippen LogP contribution in [0.1, 0.15) is 41.3 Å². The lowest BCUT2D eigenvalue weighted by Crippen LogP contribution is -2.34. The van der Waals surface area contributed by atoms with Gasteiger partial charge >= 0.3 is 0 Å². The van der Waals surface area contributed by atoms with Gasteiger partial charge in [-0.1, -0.05) is 17.7 Å². The van der Waals surface area contributed by atoms with E-state index in [1.54, 1.807) is 11.3 Å². The van der Waals surface area contributed by atoms with Crippen LogP contribution in [0.3, 0.4) is 0 Å². The highest BCUT2D eigenvalue weighted by Gasteiger charge is 2.40. The normalized spacial score (nSPS) is 22.5. The van der Waals surface area contributed by atoms with Crippen molar-refractivity contribution in [3.63, 3.8) is 0 Å². The molecule has 0 saturated carbocycles. The summed E-state index contributed by atoms with van der Waals surface area (Å²) in [7, 11) is 2.32. The van der Waals surface area contributed by atoms with E-state index in [0.717, 1.165) is 19.0 Å². The van der Waals surface area contributed by atoms with E-state index in [9.17, 15) is 0 Å². The molecule has 3 aromatic rings. The lowest BCUT2D eigenvalue weighted by atomic mass is 9.97. The zero-order valence-electron chi connectivity index (χ0n) is 15.1. The van der Waals surface area contributed by atoms with Gasteiger partial charge in [0.2, 0.25) is 0 Å². The highest BCUT2D eigenvalue weighted by Crippen LogP contribution is 2.46. The molecule has 3 nitrogen and oxygen atoms in total. The lowest BCUT2D eigenvalue weighted by Gasteiger charge is -2.32. The van der Waals surface area contributed by atoms with Crippen LogP contribution in [0.2, 0.25) is 0 Å². The van der Waals surface area contributed by atoms with Gasteiger partial charge in [0, 0.05) is 54.0 Å². The molecule has 0 aliphatic carbocycles. The topological polar surface area (TPSA) is 21.1 Å². The van der Waals surface area contributed by atoms with Gasteiger partial charge in [-0.15, -0.1) is 0 Å². The quantitative estimate of drug-likeness (QED) is 0.714. The standard InChI is InChI=1S/C22H25N3/c1-15-5-7-19-18(12-15)22-20-8-6-17(24(20)2)13-21(22)25(19)11-9-16-4-3-10-23-14-16/h3-5,7,10,12,14,17,20H,6,8-9,11,13H2,1-2H3. The molecule has 0 amide bonds. The average Bonchev–Trinajstić information content (AvgIpc) is 3.04. The van der Waals surface area contributed by atoms with Gasteiger partial charge in [-0.3, -0.25) is 9.88 Å². The average molecular weight is 331 g/mol. The Morgan fingerprint density at radius 3 is 2.96 bits per heavy atom. The summed E-state index contributed by atoms with van der Waals surface area (Å²) in [5, 5.41) is 1.48. The van der Waals surface area contributed by atoms with Crippen molar-refractivity contribution in [1.82, 2.24) is 14.5 Å². The summed E-state index contributed by atoms with van der Waals surface area (Å²) in [5.41, 5.74) is 7.31. The van der Waals surface area contributed by atoms with Crippen molar-refractivity contribution < 1.29 is 0 Å². The highest BCUT2D eigenvalue weighted by atomic mass is 15.2. The SMILES string of the molecule is Cc1ccc2c(c1)c1c(n2CCc2cccnc2)CC2CCC1N2C. The Morgan fingerprint density at radius 1 is 1.20 bits per heavy atom. The molecule has 2 bridgehead atoms. The van der Waals surface area contributed by atoms with Crippen molar-refractivity contribution in [3.05, 3.63) is 65.1 Å². The second-order valence-corrected chi connectivity index (χ2v) is 7.76. The first-order valence-electron chi connectivity index (χ1n) is 9.45. The number of aryl methyl sites for hydroxylation is 3. The number of rotatable bonds is 3. The number of likely N-dealkylation sites (N-methyl/N-ethyl adjacent to an activating group) is 1. The smallest absolute Gasteiger partial charge is 0.0486 e. The predicted molar refractivity (Wildman–Crippen MR) is 102 cm³/mol. The minimum absolute atomic E-state index is 0.609. The summed E-state index contributed by atoms with van der Waals surface area (Å²) in [6, 6.07) is 12.6. The number of aromatic nitrogens is 2. The fourth-order valence-corrected chi connectivity index (χ4v) is 5.01. The van der Waals surface area contributed by atoms with Crippen LogP contribution >= 0.6 is 0 Å². The molecule has 25 heavy (non-hydrogen) atoms. The fourth-order valence-electron chi connectivity index (χ4n) is 5.01. The fraction of sp³-hybridized carbons (Fsp3) is 0.409. The van der Waals surface area contributed by atoms with Crippen molar-refractivity contribution in [2.75, 3.05) is 7.05 Å². The van der Waals surface area contributed by atoms with Crippen LogP contribution in [-0.2, 0) is 19.4 Å². The van der Waals surface area contributed by atoms with Gasteiger partial charge in [0.15, 0.2) is 0 Å². The molecule has 2 aromatic heterocycles. The Hall–Kier alpha value is -2.13. The maximum Gasteiger partial charge on any atom is 0.0486 e. The summed E-state index contributed by atoms with van der Waals surface area (Å²) in [6.45, 7) is 3.26. The van der Waals surface area contributed by atoms with Crippen LogP contribution in [0.5, 0.6) is 0 Å². The maximum atomic E-state index is 4.27. The summed E-state index contributed by atoms with van der Waals surface area (Å²) < 4.78 is 2.61. The van der Waals surface area contributed by atoms with E-state index in [-0.39, 0.29) is 0 Å². The number of pyridine rings is 1. The van der Waals surface area contributed by atoms with Crippen LogP contribution in [0, 0.1) is 6.92 Å². The summed E-state index contributed by atoms with van der Waals surface area (Å²) in [4.78, 5) is 6.89. The summed E-state index contributed by atoms with van der Waals surface area (Å²) in [5.74, 6) is 0. The number of benzene rings is 1. The monoisotopic (exact) mass is 331 g/mol. The molecule has 2 aliphatic heterocycles. The van der Waals surface area contributed by atoms with Crippen LogP contribution in [0.15, 0.2) is 42.7 Å². The third kappa shape index (κ3) is 2.33. The van der Waals surface area contributed by atoms with E-state index in [2.05, 4.69) is 52.7 Å². The molecule has 1 fully saturated rings. The molecule has 0 spiro atoms. The van der Waals surface area contributed by atoms with Crippen molar-refractivity contribution in [2.45, 2.75) is 51.2 Å². The van der Waals surface area contributed by atoms with E-state index in [4.69, 9.17) is 0 Å². The van der Waals surface area contributed by atoms with Gasteiger partial charge in [0.05, 0.1) is 0 Å². The number of nitrogens with zero attached hydrogens (tertiary/aromatic N) is 3. The van der Waals surface area contributed by atoms with Gasteiger partial charge < -0.3 is 4.57 Å². The second-order valence-electron chi connectivity index (χ2n) is 7.76. The van der Waals surface area contributed by atoms with Crippen molar-refractivity contribution >= 4 is 10.9 Å². The molecule has 2 unspecified atom stereocenters. The first kappa shape index (κ1) is 15.2. The Labute approximate surface area is 149 Å². The minimum atomic E-state index is 0.609. The molecular formula is C22H25N3. The summed E-state index contributed by atoms with van der Waals surface area (Å²) in [6.07, 6.45) is 8.74. The first-order valence-corrected chi connectivity index (χ1v) is 9.45. The van der Waals surface area contributed by atoms with Gasteiger partial charge in [-0.2, -0.15) is 0 Å². The molecule has 2 aliphatic rings. The first-order chi connectivity index (χ1) is 12.2.